The van der Waals surface area contributed by atoms with E-state index in [0.717, 1.165) is 19.3 Å². The molecule has 0 atom stereocenters. The van der Waals surface area contributed by atoms with Crippen LogP contribution in [-0.2, 0) is 19.1 Å². The van der Waals surface area contributed by atoms with Crippen LogP contribution in [0.2, 0.25) is 0 Å². The summed E-state index contributed by atoms with van der Waals surface area (Å²) in [4.78, 5) is 22.5. The third kappa shape index (κ3) is 18.9. The number of hydrogen-bond acceptors (Lipinski definition) is 4. The first-order chi connectivity index (χ1) is 11.8. The van der Waals surface area contributed by atoms with E-state index in [2.05, 4.69) is 11.7 Å². The summed E-state index contributed by atoms with van der Waals surface area (Å²) in [7, 11) is 0. The first kappa shape index (κ1) is 23.7. The number of alkyl halides is 3. The SMILES string of the molecule is CCCCCCCCCCCOC(=O)CCCC(=O)OCC(F)(F)F. The van der Waals surface area contributed by atoms with Crippen LogP contribution in [0.1, 0.15) is 84.0 Å². The van der Waals surface area contributed by atoms with Crippen molar-refractivity contribution in [3.05, 3.63) is 0 Å². The summed E-state index contributed by atoms with van der Waals surface area (Å²) >= 11 is 0. The summed E-state index contributed by atoms with van der Waals surface area (Å²) in [5.74, 6) is -1.38. The lowest BCUT2D eigenvalue weighted by Crippen LogP contribution is -2.20. The number of rotatable bonds is 15. The molecule has 0 aromatic carbocycles. The Kier molecular flexibility index (Phi) is 14.3. The van der Waals surface area contributed by atoms with Crippen molar-refractivity contribution in [1.29, 1.82) is 0 Å². The Hall–Kier alpha value is -1.27. The normalized spacial score (nSPS) is 11.4. The number of carbonyl (C=O) groups is 2. The van der Waals surface area contributed by atoms with Gasteiger partial charge in [-0.3, -0.25) is 9.59 Å². The van der Waals surface area contributed by atoms with Crippen LogP contribution in [0.5, 0.6) is 0 Å². The molecule has 0 rings (SSSR count). The molecule has 0 radical (unpaired) electrons. The van der Waals surface area contributed by atoms with Crippen LogP contribution in [0.3, 0.4) is 0 Å². The van der Waals surface area contributed by atoms with Gasteiger partial charge in [-0.25, -0.2) is 0 Å². The molecule has 0 fully saturated rings. The van der Waals surface area contributed by atoms with Gasteiger partial charge in [0.2, 0.25) is 0 Å². The largest absolute Gasteiger partial charge is 0.466 e. The van der Waals surface area contributed by atoms with Crippen molar-refractivity contribution in [3.63, 3.8) is 0 Å². The van der Waals surface area contributed by atoms with E-state index in [-0.39, 0.29) is 19.3 Å². The molecular formula is C18H31F3O4. The zero-order valence-corrected chi connectivity index (χ0v) is 15.2. The van der Waals surface area contributed by atoms with Crippen molar-refractivity contribution in [1.82, 2.24) is 0 Å². The number of hydrogen-bond donors (Lipinski definition) is 0. The van der Waals surface area contributed by atoms with Crippen molar-refractivity contribution >= 4 is 11.9 Å². The average molecular weight is 368 g/mol. The van der Waals surface area contributed by atoms with E-state index in [0.29, 0.717) is 6.61 Å². The molecule has 0 saturated carbocycles. The summed E-state index contributed by atoms with van der Waals surface area (Å²) < 4.78 is 44.6. The van der Waals surface area contributed by atoms with E-state index >= 15 is 0 Å². The van der Waals surface area contributed by atoms with Gasteiger partial charge in [-0.2, -0.15) is 13.2 Å². The fourth-order valence-corrected chi connectivity index (χ4v) is 2.28. The lowest BCUT2D eigenvalue weighted by Gasteiger charge is -2.07. The highest BCUT2D eigenvalue weighted by molar-refractivity contribution is 5.72. The van der Waals surface area contributed by atoms with Crippen molar-refractivity contribution < 1.29 is 32.2 Å². The molecule has 0 aliphatic heterocycles. The second-order valence-electron chi connectivity index (χ2n) is 6.18. The molecule has 0 N–H and O–H groups in total. The predicted molar refractivity (Wildman–Crippen MR) is 89.1 cm³/mol. The zero-order valence-electron chi connectivity index (χ0n) is 15.2. The van der Waals surface area contributed by atoms with Crippen LogP contribution in [0.15, 0.2) is 0 Å². The Morgan fingerprint density at radius 3 is 1.72 bits per heavy atom. The highest BCUT2D eigenvalue weighted by atomic mass is 19.4. The second-order valence-corrected chi connectivity index (χ2v) is 6.18. The number of halogens is 3. The van der Waals surface area contributed by atoms with Gasteiger partial charge >= 0.3 is 18.1 Å². The van der Waals surface area contributed by atoms with Crippen LogP contribution < -0.4 is 0 Å². The highest BCUT2D eigenvalue weighted by Gasteiger charge is 2.29. The minimum atomic E-state index is -4.52. The van der Waals surface area contributed by atoms with Crippen molar-refractivity contribution in [2.75, 3.05) is 13.2 Å². The van der Waals surface area contributed by atoms with E-state index in [1.807, 2.05) is 0 Å². The molecule has 0 saturated heterocycles. The van der Waals surface area contributed by atoms with Crippen molar-refractivity contribution in [3.8, 4) is 0 Å². The molecule has 0 spiro atoms. The molecule has 7 heteroatoms. The van der Waals surface area contributed by atoms with E-state index in [1.54, 1.807) is 0 Å². The first-order valence-electron chi connectivity index (χ1n) is 9.23. The monoisotopic (exact) mass is 368 g/mol. The molecule has 0 aromatic heterocycles. The fraction of sp³-hybridized carbons (Fsp3) is 0.889. The van der Waals surface area contributed by atoms with E-state index < -0.39 is 24.7 Å². The van der Waals surface area contributed by atoms with Gasteiger partial charge in [-0.1, -0.05) is 58.3 Å². The Morgan fingerprint density at radius 2 is 1.20 bits per heavy atom. The van der Waals surface area contributed by atoms with Gasteiger partial charge in [0.1, 0.15) is 0 Å². The molecule has 25 heavy (non-hydrogen) atoms. The van der Waals surface area contributed by atoms with Crippen molar-refractivity contribution in [2.45, 2.75) is 90.1 Å². The Labute approximate surface area is 148 Å². The van der Waals surface area contributed by atoms with Crippen LogP contribution in [-0.4, -0.2) is 31.3 Å². The quantitative estimate of drug-likeness (QED) is 0.289. The van der Waals surface area contributed by atoms with Gasteiger partial charge in [-0.15, -0.1) is 0 Å². The van der Waals surface area contributed by atoms with Gasteiger partial charge in [0.15, 0.2) is 6.61 Å². The minimum Gasteiger partial charge on any atom is -0.466 e. The number of carbonyl (C=O) groups excluding carboxylic acids is 2. The molecule has 0 unspecified atom stereocenters. The minimum absolute atomic E-state index is 0.0124. The molecular weight excluding hydrogens is 337 g/mol. The Morgan fingerprint density at radius 1 is 0.720 bits per heavy atom. The number of ether oxygens (including phenoxy) is 2. The lowest BCUT2D eigenvalue weighted by atomic mass is 10.1. The molecule has 0 aliphatic rings. The smallest absolute Gasteiger partial charge is 0.422 e. The third-order valence-corrected chi connectivity index (χ3v) is 3.67. The molecule has 0 bridgehead atoms. The first-order valence-corrected chi connectivity index (χ1v) is 9.23. The lowest BCUT2D eigenvalue weighted by molar-refractivity contribution is -0.186. The second kappa shape index (κ2) is 15.0. The number of unbranched alkanes of at least 4 members (excludes halogenated alkanes) is 8. The summed E-state index contributed by atoms with van der Waals surface area (Å²) in [5.41, 5.74) is 0. The maximum atomic E-state index is 11.8. The van der Waals surface area contributed by atoms with E-state index in [9.17, 15) is 22.8 Å². The predicted octanol–water partition coefficient (Wildman–Crippen LogP) is 5.34. The van der Waals surface area contributed by atoms with Gasteiger partial charge in [0.05, 0.1) is 6.61 Å². The summed E-state index contributed by atoms with van der Waals surface area (Å²) in [6, 6.07) is 0. The van der Waals surface area contributed by atoms with Crippen molar-refractivity contribution in [2.24, 2.45) is 0 Å². The molecule has 0 amide bonds. The topological polar surface area (TPSA) is 52.6 Å². The molecule has 0 aliphatic carbocycles. The number of esters is 2. The standard InChI is InChI=1S/C18H31F3O4/c1-2-3-4-5-6-7-8-9-10-14-24-16(22)12-11-13-17(23)25-15-18(19,20)21/h2-15H2,1H3. The summed E-state index contributed by atoms with van der Waals surface area (Å²) in [6.07, 6.45) is 5.97. The van der Waals surface area contributed by atoms with Crippen LogP contribution >= 0.6 is 0 Å². The van der Waals surface area contributed by atoms with Crippen LogP contribution in [0, 0.1) is 0 Å². The zero-order chi connectivity index (χ0) is 19.0. The van der Waals surface area contributed by atoms with E-state index in [1.165, 1.54) is 38.5 Å². The Balaban J connectivity index is 3.37. The van der Waals surface area contributed by atoms with Gasteiger partial charge < -0.3 is 9.47 Å². The molecule has 0 heterocycles. The third-order valence-electron chi connectivity index (χ3n) is 3.67. The molecule has 4 nitrogen and oxygen atoms in total. The van der Waals surface area contributed by atoms with Gasteiger partial charge in [0.25, 0.3) is 0 Å². The van der Waals surface area contributed by atoms with Gasteiger partial charge in [-0.05, 0) is 12.8 Å². The molecule has 148 valence electrons. The fourth-order valence-electron chi connectivity index (χ4n) is 2.28. The van der Waals surface area contributed by atoms with Crippen LogP contribution in [0.25, 0.3) is 0 Å². The highest BCUT2D eigenvalue weighted by Crippen LogP contribution is 2.15. The maximum Gasteiger partial charge on any atom is 0.422 e. The van der Waals surface area contributed by atoms with E-state index in [4.69, 9.17) is 4.74 Å². The average Bonchev–Trinajstić information content (AvgIpc) is 2.54. The van der Waals surface area contributed by atoms with Crippen LogP contribution in [0.4, 0.5) is 13.2 Å². The Bertz CT molecular complexity index is 357. The maximum absolute atomic E-state index is 11.8. The molecule has 0 aromatic rings. The van der Waals surface area contributed by atoms with Gasteiger partial charge in [0, 0.05) is 12.8 Å². The summed E-state index contributed by atoms with van der Waals surface area (Å²) in [6.45, 7) is 0.961. The summed E-state index contributed by atoms with van der Waals surface area (Å²) in [5, 5.41) is 0.